The van der Waals surface area contributed by atoms with E-state index < -0.39 is 76.3 Å². The molecule has 0 aliphatic rings. The van der Waals surface area contributed by atoms with Crippen molar-refractivity contribution in [1.82, 2.24) is 0 Å². The summed E-state index contributed by atoms with van der Waals surface area (Å²) < 4.78 is 75.0. The van der Waals surface area contributed by atoms with Crippen molar-refractivity contribution in [1.29, 1.82) is 0 Å². The molecule has 0 bridgehead atoms. The number of hydrogen-bond acceptors (Lipinski definition) is 14. The largest absolute Gasteiger partial charge is 0.500 e. The van der Waals surface area contributed by atoms with E-state index in [1.54, 1.807) is 74.4 Å². The molecule has 0 atom stereocenters. The molecule has 1 aromatic rings. The van der Waals surface area contributed by atoms with Crippen molar-refractivity contribution in [2.45, 2.75) is 377 Å². The van der Waals surface area contributed by atoms with Gasteiger partial charge in [-0.25, -0.2) is 9.78 Å². The lowest BCUT2D eigenvalue weighted by Gasteiger charge is -2.45. The Morgan fingerprint density at radius 3 is 0.616 bits per heavy atom. The van der Waals surface area contributed by atoms with Gasteiger partial charge in [-0.3, -0.25) is 0 Å². The Balaban J connectivity index is 3.05. The minimum Gasteiger partial charge on any atom is -0.417 e. The van der Waals surface area contributed by atoms with Gasteiger partial charge in [0.2, 0.25) is 0 Å². The number of rotatable bonds is 73. The Labute approximate surface area is 623 Å². The van der Waals surface area contributed by atoms with Gasteiger partial charge in [-0.2, -0.15) is 0 Å². The maximum absolute atomic E-state index is 7.90. The molecule has 0 spiro atoms. The minimum absolute atomic E-state index is 0.741. The van der Waals surface area contributed by atoms with Gasteiger partial charge in [0.05, 0.1) is 29.4 Å². The molecule has 0 radical (unpaired) electrons. The van der Waals surface area contributed by atoms with Crippen LogP contribution in [0.4, 0.5) is 0 Å². The van der Waals surface area contributed by atoms with E-state index in [0.717, 1.165) is 94.0 Å². The summed E-state index contributed by atoms with van der Waals surface area (Å²) in [5.41, 5.74) is 0. The molecule has 0 unspecified atom stereocenters. The van der Waals surface area contributed by atoms with Crippen molar-refractivity contribution in [2.24, 2.45) is 0 Å². The van der Waals surface area contributed by atoms with Crippen LogP contribution in [0.3, 0.4) is 0 Å². The molecule has 0 amide bonds. The number of benzene rings is 1. The van der Waals surface area contributed by atoms with Gasteiger partial charge in [-0.05, 0) is 95.9 Å². The minimum atomic E-state index is -3.13. The highest BCUT2D eigenvalue weighted by atomic mass is 28.5. The van der Waals surface area contributed by atoms with Crippen LogP contribution in [0.1, 0.15) is 257 Å². The molecule has 1 aromatic carbocycles. The molecule has 23 heteroatoms. The van der Waals surface area contributed by atoms with Gasteiger partial charge in [0.1, 0.15) is 0 Å². The molecule has 0 aliphatic heterocycles. The molecule has 0 heterocycles. The number of hydrogen-bond donors (Lipinski definition) is 0. The zero-order valence-corrected chi connectivity index (χ0v) is 77.9. The van der Waals surface area contributed by atoms with E-state index in [1.807, 2.05) is 0 Å². The van der Waals surface area contributed by atoms with E-state index in [9.17, 15) is 0 Å². The van der Waals surface area contributed by atoms with Crippen LogP contribution in [-0.2, 0) is 62.0 Å². The lowest BCUT2D eigenvalue weighted by Crippen LogP contribution is -2.61. The fraction of sp³-hybridized carbons (Fsp3) is 0.921. The quantitative estimate of drug-likeness (QED) is 0.0265. The molecule has 14 nitrogen and oxygen atoms in total. The third-order valence-corrected chi connectivity index (χ3v) is 52.8. The van der Waals surface area contributed by atoms with Crippen LogP contribution in [0.15, 0.2) is 24.3 Å². The summed E-state index contributed by atoms with van der Waals surface area (Å²) >= 11 is 0. The summed E-state index contributed by atoms with van der Waals surface area (Å²) in [4.78, 5) is 10.8. The van der Waals surface area contributed by atoms with Gasteiger partial charge in [0.25, 0.3) is 0 Å². The Bertz CT molecular complexity index is 1870. The first-order chi connectivity index (χ1) is 47.3. The van der Waals surface area contributed by atoms with Crippen molar-refractivity contribution in [3.05, 3.63) is 24.3 Å². The fourth-order valence-electron chi connectivity index (χ4n) is 14.4. The lowest BCUT2D eigenvalue weighted by molar-refractivity contribution is -0.295. The van der Waals surface area contributed by atoms with E-state index in [0.29, 0.717) is 0 Å². The van der Waals surface area contributed by atoms with Crippen LogP contribution in [0.2, 0.25) is 120 Å². The summed E-state index contributed by atoms with van der Waals surface area (Å²) in [7, 11) is -4.91. The van der Waals surface area contributed by atoms with Crippen molar-refractivity contribution in [3.8, 4) is 0 Å². The molecule has 0 N–H and O–H groups in total. The second kappa shape index (κ2) is 56.8. The van der Waals surface area contributed by atoms with Gasteiger partial charge in [0, 0.05) is 88.2 Å². The Morgan fingerprint density at radius 2 is 0.394 bits per heavy atom. The van der Waals surface area contributed by atoms with Gasteiger partial charge < -0.3 is 52.2 Å². The van der Waals surface area contributed by atoms with E-state index in [2.05, 4.69) is 96.7 Å². The molecule has 99 heavy (non-hydrogen) atoms. The maximum Gasteiger partial charge on any atom is 0.500 e. The summed E-state index contributed by atoms with van der Waals surface area (Å²) in [6.07, 6.45) is 48.4. The lowest BCUT2D eigenvalue weighted by atomic mass is 10.1. The zero-order valence-electron chi connectivity index (χ0n) is 68.9. The molecule has 588 valence electrons. The predicted octanol–water partition coefficient (Wildman–Crippen LogP) is 22.9. The highest BCUT2D eigenvalue weighted by molar-refractivity contribution is 6.92. The molecular formula is C76H164O14Si9. The maximum atomic E-state index is 7.90. The van der Waals surface area contributed by atoms with E-state index >= 15 is 0 Å². The average Bonchev–Trinajstić information content (AvgIpc) is 0.802. The second-order valence-electron chi connectivity index (χ2n) is 32.3. The van der Waals surface area contributed by atoms with E-state index in [1.165, 1.54) is 224 Å². The third-order valence-electron chi connectivity index (χ3n) is 21.3. The first-order valence-electron chi connectivity index (χ1n) is 40.7. The standard InChI is InChI=1S/C76H164O14Si9/c1-21-22-23-24-38-49-64-86-87-65-50-39-28-26-25-27-29-40-51-66-91(11,12)75-60-62-76(63-61-75)92(13,14)67-52-41-30-34-48-59-74-99(88-93(15,16)68-53-42-31-35-45-56-71-96(77-2,78-3)79-4,89-94(17,18)69-54-43-32-36-46-57-72-97(80-5,81-6)82-7)90-95(19,20)70-55-44-33-37-47-58-73-98(83-8,84-9)85-10/h60-63H,21-59,64-74H2,1-20H3. The van der Waals surface area contributed by atoms with Crippen LogP contribution in [0.5, 0.6) is 0 Å². The zero-order chi connectivity index (χ0) is 73.7. The topological polar surface area (TPSA) is 129 Å². The monoisotopic (exact) mass is 1550 g/mol. The van der Waals surface area contributed by atoms with Crippen molar-refractivity contribution in [3.63, 3.8) is 0 Å². The highest BCUT2D eigenvalue weighted by Gasteiger charge is 2.52. The SMILES string of the molecule is CCCCCCCCOOCCCCCCCCCCC[Si](C)(C)c1ccc([Si](C)(C)CCCCCCCC[Si](O[Si](C)(C)CCCCCCCC[Si](OC)(OC)OC)(O[Si](C)(C)CCCCCCCC[Si](OC)(OC)OC)O[Si](C)(C)CCCCCCCC[Si](OC)(OC)OC)cc1. The summed E-state index contributed by atoms with van der Waals surface area (Å²) in [5.74, 6) is 0. The number of unbranched alkanes of at least 4 members (excludes halogenated alkanes) is 33. The summed E-state index contributed by atoms with van der Waals surface area (Å²) in [6.45, 7) is 29.1. The van der Waals surface area contributed by atoms with E-state index in [4.69, 9.17) is 62.0 Å². The van der Waals surface area contributed by atoms with Crippen LogP contribution in [0, 0.1) is 0 Å². The van der Waals surface area contributed by atoms with Crippen molar-refractivity contribution < 1.29 is 62.0 Å². The summed E-state index contributed by atoms with van der Waals surface area (Å²) in [6, 6.07) is 19.9. The van der Waals surface area contributed by atoms with Crippen LogP contribution < -0.4 is 10.4 Å². The smallest absolute Gasteiger partial charge is 0.417 e. The molecule has 0 aliphatic carbocycles. The first kappa shape index (κ1) is 97.6. The van der Waals surface area contributed by atoms with Gasteiger partial charge in [-0.15, -0.1) is 0 Å². The second-order valence-corrected chi connectivity index (χ2v) is 67.7. The average molecular weight is 1550 g/mol. The highest BCUT2D eigenvalue weighted by Crippen LogP contribution is 2.37. The molecular weight excluding hydrogens is 1390 g/mol. The molecule has 0 fully saturated rings. The normalized spacial score (nSPS) is 13.4. The van der Waals surface area contributed by atoms with Gasteiger partial charge in [0.15, 0.2) is 25.0 Å². The molecule has 0 saturated carbocycles. The van der Waals surface area contributed by atoms with Crippen molar-refractivity contribution >= 4 is 86.7 Å². The van der Waals surface area contributed by atoms with Crippen LogP contribution in [-0.4, -0.2) is 154 Å². The molecule has 0 aromatic heterocycles. The van der Waals surface area contributed by atoms with Crippen molar-refractivity contribution in [2.75, 3.05) is 77.2 Å². The molecule has 1 rings (SSSR count). The fourth-order valence-corrected chi connectivity index (χ4v) is 42.9. The van der Waals surface area contributed by atoms with Gasteiger partial charge in [-0.1, -0.05) is 292 Å². The predicted molar refractivity (Wildman–Crippen MR) is 443 cm³/mol. The Hall–Kier alpha value is 0.612. The Kier molecular flexibility index (Phi) is 56.0. The molecule has 0 saturated heterocycles. The Morgan fingerprint density at radius 1 is 0.212 bits per heavy atom. The summed E-state index contributed by atoms with van der Waals surface area (Å²) in [5, 5.41) is 3.28. The van der Waals surface area contributed by atoms with Crippen LogP contribution in [0.25, 0.3) is 0 Å². The van der Waals surface area contributed by atoms with E-state index in [-0.39, 0.29) is 0 Å². The van der Waals surface area contributed by atoms with Gasteiger partial charge >= 0.3 is 35.2 Å². The third kappa shape index (κ3) is 45.9. The first-order valence-corrected chi connectivity index (χ1v) is 64.2. The van der Waals surface area contributed by atoms with Crippen LogP contribution >= 0.6 is 0 Å².